The first-order valence-electron chi connectivity index (χ1n) is 10.6. The number of anilines is 1. The average molecular weight is 424 g/mol. The van der Waals surface area contributed by atoms with E-state index in [-0.39, 0.29) is 24.7 Å². The highest BCUT2D eigenvalue weighted by molar-refractivity contribution is 5.94. The Morgan fingerprint density at radius 1 is 0.781 bits per heavy atom. The first-order valence-corrected chi connectivity index (χ1v) is 10.6. The summed E-state index contributed by atoms with van der Waals surface area (Å²) in [4.78, 5) is 25.5. The van der Waals surface area contributed by atoms with Gasteiger partial charge >= 0.3 is 0 Å². The van der Waals surface area contributed by atoms with E-state index in [1.165, 1.54) is 10.2 Å². The van der Waals surface area contributed by atoms with Crippen molar-refractivity contribution in [3.63, 3.8) is 0 Å². The maximum absolute atomic E-state index is 13.1. The lowest BCUT2D eigenvalue weighted by Crippen LogP contribution is -2.18. The van der Waals surface area contributed by atoms with E-state index < -0.39 is 0 Å². The van der Waals surface area contributed by atoms with Gasteiger partial charge in [-0.1, -0.05) is 66.7 Å². The summed E-state index contributed by atoms with van der Waals surface area (Å²) in [7, 11) is 0. The summed E-state index contributed by atoms with van der Waals surface area (Å²) >= 11 is 0. The molecule has 0 fully saturated rings. The number of carbonyl (C=O) groups is 2. The van der Waals surface area contributed by atoms with Gasteiger partial charge < -0.3 is 5.32 Å². The lowest BCUT2D eigenvalue weighted by atomic mass is 10.1. The molecule has 0 radical (unpaired) electrons. The molecule has 1 amide bonds. The SMILES string of the molecule is Cc1ccc(NC(=O)CCC(=O)n2nc(-c3ccccc3)cc2-c2ccccc2)cc1C. The van der Waals surface area contributed by atoms with Crippen molar-refractivity contribution in [3.05, 3.63) is 96.1 Å². The fourth-order valence-electron chi connectivity index (χ4n) is 3.50. The molecule has 1 N–H and O–H groups in total. The van der Waals surface area contributed by atoms with E-state index >= 15 is 0 Å². The maximum atomic E-state index is 13.1. The molecule has 0 saturated carbocycles. The summed E-state index contributed by atoms with van der Waals surface area (Å²) in [6.07, 6.45) is 0.146. The van der Waals surface area contributed by atoms with Crippen molar-refractivity contribution < 1.29 is 9.59 Å². The molecule has 160 valence electrons. The smallest absolute Gasteiger partial charge is 0.247 e. The van der Waals surface area contributed by atoms with Crippen molar-refractivity contribution in [2.45, 2.75) is 26.7 Å². The standard InChI is InChI=1S/C27H25N3O2/c1-19-13-14-23(17-20(19)2)28-26(31)15-16-27(32)30-25(22-11-7-4-8-12-22)18-24(29-30)21-9-5-3-6-10-21/h3-14,17-18H,15-16H2,1-2H3,(H,28,31). The third-order valence-corrected chi connectivity index (χ3v) is 5.44. The van der Waals surface area contributed by atoms with Crippen LogP contribution in [0.5, 0.6) is 0 Å². The molecule has 5 nitrogen and oxygen atoms in total. The van der Waals surface area contributed by atoms with Gasteiger partial charge in [-0.15, -0.1) is 0 Å². The first kappa shape index (κ1) is 21.2. The molecular weight excluding hydrogens is 398 g/mol. The number of nitrogens with one attached hydrogen (secondary N) is 1. The Hall–Kier alpha value is -3.99. The van der Waals surface area contributed by atoms with Crippen LogP contribution in [0.15, 0.2) is 84.9 Å². The van der Waals surface area contributed by atoms with Crippen LogP contribution in [0.25, 0.3) is 22.5 Å². The third kappa shape index (κ3) is 4.83. The quantitative estimate of drug-likeness (QED) is 0.420. The largest absolute Gasteiger partial charge is 0.326 e. The fourth-order valence-corrected chi connectivity index (χ4v) is 3.50. The third-order valence-electron chi connectivity index (χ3n) is 5.44. The maximum Gasteiger partial charge on any atom is 0.247 e. The Balaban J connectivity index is 1.52. The fraction of sp³-hybridized carbons (Fsp3) is 0.148. The number of nitrogens with zero attached hydrogens (tertiary/aromatic N) is 2. The molecule has 0 saturated heterocycles. The van der Waals surface area contributed by atoms with Crippen molar-refractivity contribution >= 4 is 17.5 Å². The van der Waals surface area contributed by atoms with Gasteiger partial charge in [-0.25, -0.2) is 0 Å². The van der Waals surface area contributed by atoms with Gasteiger partial charge in [-0.2, -0.15) is 9.78 Å². The van der Waals surface area contributed by atoms with Crippen molar-refractivity contribution in [1.82, 2.24) is 9.78 Å². The minimum absolute atomic E-state index is 0.0619. The summed E-state index contributed by atoms with van der Waals surface area (Å²) in [5.41, 5.74) is 6.28. The van der Waals surface area contributed by atoms with Crippen LogP contribution in [0.3, 0.4) is 0 Å². The zero-order valence-corrected chi connectivity index (χ0v) is 18.2. The highest BCUT2D eigenvalue weighted by atomic mass is 16.2. The number of aromatic nitrogens is 2. The lowest BCUT2D eigenvalue weighted by Gasteiger charge is -2.09. The Labute approximate surface area is 187 Å². The molecule has 32 heavy (non-hydrogen) atoms. The van der Waals surface area contributed by atoms with Crippen LogP contribution in [-0.2, 0) is 4.79 Å². The number of amides is 1. The second-order valence-corrected chi connectivity index (χ2v) is 7.80. The minimum Gasteiger partial charge on any atom is -0.326 e. The molecule has 0 unspecified atom stereocenters. The molecule has 1 heterocycles. The zero-order chi connectivity index (χ0) is 22.5. The van der Waals surface area contributed by atoms with Gasteiger partial charge in [0.05, 0.1) is 11.4 Å². The number of benzene rings is 3. The summed E-state index contributed by atoms with van der Waals surface area (Å²) < 4.78 is 1.42. The molecule has 4 rings (SSSR count). The van der Waals surface area contributed by atoms with E-state index in [4.69, 9.17) is 0 Å². The van der Waals surface area contributed by atoms with Crippen molar-refractivity contribution in [1.29, 1.82) is 0 Å². The van der Waals surface area contributed by atoms with Gasteiger partial charge in [0, 0.05) is 29.7 Å². The monoisotopic (exact) mass is 423 g/mol. The Kier molecular flexibility index (Phi) is 6.26. The van der Waals surface area contributed by atoms with Crippen molar-refractivity contribution in [2.75, 3.05) is 5.32 Å². The predicted molar refractivity (Wildman–Crippen MR) is 128 cm³/mol. The molecule has 1 aromatic heterocycles. The lowest BCUT2D eigenvalue weighted by molar-refractivity contribution is -0.116. The van der Waals surface area contributed by atoms with Crippen LogP contribution in [-0.4, -0.2) is 21.6 Å². The average Bonchev–Trinajstić information content (AvgIpc) is 3.27. The van der Waals surface area contributed by atoms with Crippen LogP contribution in [0.1, 0.15) is 28.8 Å². The summed E-state index contributed by atoms with van der Waals surface area (Å²) in [6.45, 7) is 4.03. The highest BCUT2D eigenvalue weighted by Crippen LogP contribution is 2.26. The summed E-state index contributed by atoms with van der Waals surface area (Å²) in [5.74, 6) is -0.417. The number of hydrogen-bond donors (Lipinski definition) is 1. The molecule has 0 aliphatic rings. The van der Waals surface area contributed by atoms with E-state index in [0.29, 0.717) is 5.69 Å². The highest BCUT2D eigenvalue weighted by Gasteiger charge is 2.18. The molecule has 0 aliphatic carbocycles. The molecule has 0 atom stereocenters. The minimum atomic E-state index is -0.221. The number of hydrogen-bond acceptors (Lipinski definition) is 3. The van der Waals surface area contributed by atoms with Gasteiger partial charge in [0.25, 0.3) is 0 Å². The van der Waals surface area contributed by atoms with Crippen LogP contribution >= 0.6 is 0 Å². The predicted octanol–water partition coefficient (Wildman–Crippen LogP) is 5.89. The summed E-state index contributed by atoms with van der Waals surface area (Å²) in [5, 5.41) is 7.45. The topological polar surface area (TPSA) is 64.0 Å². The first-order chi connectivity index (χ1) is 15.5. The van der Waals surface area contributed by atoms with Gasteiger partial charge in [0.1, 0.15) is 0 Å². The van der Waals surface area contributed by atoms with Gasteiger partial charge in [-0.3, -0.25) is 9.59 Å². The zero-order valence-electron chi connectivity index (χ0n) is 18.2. The van der Waals surface area contributed by atoms with Crippen LogP contribution in [0.2, 0.25) is 0 Å². The van der Waals surface area contributed by atoms with E-state index in [9.17, 15) is 9.59 Å². The number of rotatable bonds is 6. The van der Waals surface area contributed by atoms with Crippen LogP contribution in [0.4, 0.5) is 5.69 Å². The van der Waals surface area contributed by atoms with Crippen molar-refractivity contribution in [3.8, 4) is 22.5 Å². The van der Waals surface area contributed by atoms with Gasteiger partial charge in [0.2, 0.25) is 11.8 Å². The number of carbonyl (C=O) groups excluding carboxylic acids is 2. The molecule has 4 aromatic rings. The van der Waals surface area contributed by atoms with Crippen LogP contribution in [0, 0.1) is 13.8 Å². The summed E-state index contributed by atoms with van der Waals surface area (Å²) in [6, 6.07) is 27.1. The molecule has 3 aromatic carbocycles. The van der Waals surface area contributed by atoms with Gasteiger partial charge in [-0.05, 0) is 43.2 Å². The molecule has 5 heteroatoms. The van der Waals surface area contributed by atoms with E-state index in [2.05, 4.69) is 10.4 Å². The van der Waals surface area contributed by atoms with Crippen LogP contribution < -0.4 is 5.32 Å². The second-order valence-electron chi connectivity index (χ2n) is 7.80. The van der Waals surface area contributed by atoms with Crippen molar-refractivity contribution in [2.24, 2.45) is 0 Å². The van der Waals surface area contributed by atoms with E-state index in [0.717, 1.165) is 28.1 Å². The van der Waals surface area contributed by atoms with E-state index in [1.807, 2.05) is 98.8 Å². The molecular formula is C27H25N3O2. The number of aryl methyl sites for hydroxylation is 2. The Morgan fingerprint density at radius 2 is 1.44 bits per heavy atom. The molecule has 0 spiro atoms. The Bertz CT molecular complexity index is 1240. The van der Waals surface area contributed by atoms with Gasteiger partial charge in [0.15, 0.2) is 0 Å². The van der Waals surface area contributed by atoms with E-state index in [1.54, 1.807) is 0 Å². The second kappa shape index (κ2) is 9.43. The molecule has 0 aliphatic heterocycles. The molecule has 0 bridgehead atoms. The normalized spacial score (nSPS) is 10.7. The Morgan fingerprint density at radius 3 is 2.09 bits per heavy atom.